The summed E-state index contributed by atoms with van der Waals surface area (Å²) in [5.74, 6) is 0.490. The topological polar surface area (TPSA) is 58.6 Å². The van der Waals surface area contributed by atoms with Crippen molar-refractivity contribution in [1.29, 1.82) is 0 Å². The van der Waals surface area contributed by atoms with E-state index in [9.17, 15) is 4.79 Å². The van der Waals surface area contributed by atoms with E-state index < -0.39 is 11.7 Å². The summed E-state index contributed by atoms with van der Waals surface area (Å²) in [4.78, 5) is 24.6. The van der Waals surface area contributed by atoms with Crippen molar-refractivity contribution in [2.45, 2.75) is 40.2 Å². The van der Waals surface area contributed by atoms with Crippen molar-refractivity contribution < 1.29 is 9.53 Å². The summed E-state index contributed by atoms with van der Waals surface area (Å²) in [6, 6.07) is 0. The lowest BCUT2D eigenvalue weighted by Gasteiger charge is -2.28. The minimum Gasteiger partial charge on any atom is -0.443 e. The molecular weight excluding hydrogens is 348 g/mol. The number of hydrogen-bond acceptors (Lipinski definition) is 5. The largest absolute Gasteiger partial charge is 0.443 e. The fourth-order valence-electron chi connectivity index (χ4n) is 1.84. The smallest absolute Gasteiger partial charge is 0.416 e. The van der Waals surface area contributed by atoms with Crippen molar-refractivity contribution in [2.75, 3.05) is 31.1 Å². The van der Waals surface area contributed by atoms with Gasteiger partial charge in [-0.3, -0.25) is 4.90 Å². The van der Waals surface area contributed by atoms with Crippen molar-refractivity contribution in [3.05, 3.63) is 17.0 Å². The third kappa shape index (κ3) is 6.27. The van der Waals surface area contributed by atoms with E-state index in [-0.39, 0.29) is 0 Å². The second kappa shape index (κ2) is 8.43. The highest BCUT2D eigenvalue weighted by Gasteiger charge is 2.24. The van der Waals surface area contributed by atoms with E-state index in [1.807, 2.05) is 20.8 Å². The molecule has 0 radical (unpaired) electrons. The van der Waals surface area contributed by atoms with Gasteiger partial charge < -0.3 is 9.64 Å². The number of hydrogen-bond donors (Lipinski definition) is 0. The van der Waals surface area contributed by atoms with Crippen LogP contribution < -0.4 is 4.90 Å². The number of aromatic nitrogens is 2. The third-order valence-electron chi connectivity index (χ3n) is 3.03. The molecule has 1 rings (SSSR count). The van der Waals surface area contributed by atoms with Crippen LogP contribution in [0.4, 0.5) is 10.6 Å². The monoisotopic (exact) mass is 372 g/mol. The van der Waals surface area contributed by atoms with E-state index in [1.165, 1.54) is 4.90 Å². The van der Waals surface area contributed by atoms with Gasteiger partial charge in [0.25, 0.3) is 0 Å². The van der Waals surface area contributed by atoms with Crippen LogP contribution in [0.3, 0.4) is 0 Å². The molecule has 0 unspecified atom stereocenters. The van der Waals surface area contributed by atoms with Gasteiger partial charge in [0.1, 0.15) is 10.2 Å². The van der Waals surface area contributed by atoms with Gasteiger partial charge in [0.15, 0.2) is 5.82 Å². The van der Waals surface area contributed by atoms with Crippen LogP contribution in [0.15, 0.2) is 17.0 Å². The first-order valence-electron chi connectivity index (χ1n) is 7.47. The molecule has 22 heavy (non-hydrogen) atoms. The Morgan fingerprint density at radius 1 is 1.18 bits per heavy atom. The molecule has 0 saturated carbocycles. The molecule has 0 bridgehead atoms. The Morgan fingerprint density at radius 2 is 1.82 bits per heavy atom. The lowest BCUT2D eigenvalue weighted by Crippen LogP contribution is -2.42. The molecule has 0 N–H and O–H groups in total. The molecule has 0 aliphatic carbocycles. The molecule has 0 spiro atoms. The maximum absolute atomic E-state index is 12.4. The molecule has 124 valence electrons. The highest BCUT2D eigenvalue weighted by Crippen LogP contribution is 2.16. The molecule has 0 fully saturated rings. The Labute approximate surface area is 141 Å². The van der Waals surface area contributed by atoms with Crippen LogP contribution in [-0.2, 0) is 4.74 Å². The van der Waals surface area contributed by atoms with Crippen LogP contribution in [0.1, 0.15) is 34.6 Å². The molecule has 0 aromatic carbocycles. The fourth-order valence-corrected chi connectivity index (χ4v) is 2.05. The van der Waals surface area contributed by atoms with Gasteiger partial charge in [-0.15, -0.1) is 0 Å². The maximum Gasteiger partial charge on any atom is 0.416 e. The average molecular weight is 373 g/mol. The summed E-state index contributed by atoms with van der Waals surface area (Å²) in [6.45, 7) is 12.9. The highest BCUT2D eigenvalue weighted by atomic mass is 79.9. The zero-order valence-corrected chi connectivity index (χ0v) is 15.6. The highest BCUT2D eigenvalue weighted by molar-refractivity contribution is 9.10. The van der Waals surface area contributed by atoms with Gasteiger partial charge in [-0.05, 0) is 49.8 Å². The molecule has 0 aliphatic heterocycles. The number of carbonyl (C=O) groups excluding carboxylic acids is 1. The van der Waals surface area contributed by atoms with Gasteiger partial charge in [0.05, 0.1) is 12.4 Å². The molecule has 7 heteroatoms. The van der Waals surface area contributed by atoms with Gasteiger partial charge in [-0.25, -0.2) is 14.8 Å². The second-order valence-corrected chi connectivity index (χ2v) is 6.67. The molecule has 1 heterocycles. The van der Waals surface area contributed by atoms with Crippen molar-refractivity contribution in [2.24, 2.45) is 0 Å². The third-order valence-corrected chi connectivity index (χ3v) is 3.44. The first kappa shape index (κ1) is 18.8. The summed E-state index contributed by atoms with van der Waals surface area (Å²) in [5.41, 5.74) is -0.548. The standard InChI is InChI=1S/C15H25BrN4O2/c1-6-19(7-2)8-9-20(14(21)22-15(3,4)5)13-11-17-12(16)10-18-13/h10-11H,6-9H2,1-5H3. The van der Waals surface area contributed by atoms with E-state index in [1.54, 1.807) is 12.4 Å². The Morgan fingerprint density at radius 3 is 2.27 bits per heavy atom. The van der Waals surface area contributed by atoms with Crippen LogP contribution in [-0.4, -0.2) is 52.7 Å². The first-order valence-corrected chi connectivity index (χ1v) is 8.26. The van der Waals surface area contributed by atoms with E-state index >= 15 is 0 Å². The van der Waals surface area contributed by atoms with Crippen LogP contribution in [0.5, 0.6) is 0 Å². The minimum absolute atomic E-state index is 0.406. The number of amides is 1. The van der Waals surface area contributed by atoms with Crippen molar-refractivity contribution in [3.8, 4) is 0 Å². The zero-order chi connectivity index (χ0) is 16.8. The molecule has 6 nitrogen and oxygen atoms in total. The first-order chi connectivity index (χ1) is 10.3. The Bertz CT molecular complexity index is 469. The number of rotatable bonds is 6. The molecule has 0 atom stereocenters. The van der Waals surface area contributed by atoms with Crippen LogP contribution in [0.25, 0.3) is 0 Å². The quantitative estimate of drug-likeness (QED) is 0.766. The number of anilines is 1. The normalized spacial score (nSPS) is 11.6. The van der Waals surface area contributed by atoms with Crippen molar-refractivity contribution in [3.63, 3.8) is 0 Å². The summed E-state index contributed by atoms with van der Waals surface area (Å²) in [5, 5.41) is 0. The Balaban J connectivity index is 2.89. The molecule has 1 amide bonds. The lowest BCUT2D eigenvalue weighted by atomic mass is 10.2. The summed E-state index contributed by atoms with van der Waals surface area (Å²) >= 11 is 3.25. The number of likely N-dealkylation sites (N-methyl/N-ethyl adjacent to an activating group) is 1. The summed E-state index contributed by atoms with van der Waals surface area (Å²) in [7, 11) is 0. The summed E-state index contributed by atoms with van der Waals surface area (Å²) in [6.07, 6.45) is 2.73. The van der Waals surface area contributed by atoms with E-state index in [0.29, 0.717) is 17.0 Å². The van der Waals surface area contributed by atoms with Crippen molar-refractivity contribution in [1.82, 2.24) is 14.9 Å². The Kier molecular flexibility index (Phi) is 7.22. The van der Waals surface area contributed by atoms with Crippen LogP contribution >= 0.6 is 15.9 Å². The number of ether oxygens (including phenoxy) is 1. The maximum atomic E-state index is 12.4. The van der Waals surface area contributed by atoms with Gasteiger partial charge in [0.2, 0.25) is 0 Å². The fraction of sp³-hybridized carbons (Fsp3) is 0.667. The lowest BCUT2D eigenvalue weighted by molar-refractivity contribution is 0.0575. The predicted molar refractivity (Wildman–Crippen MR) is 91.1 cm³/mol. The molecule has 1 aromatic rings. The van der Waals surface area contributed by atoms with Crippen molar-refractivity contribution >= 4 is 27.8 Å². The zero-order valence-electron chi connectivity index (χ0n) is 14.0. The Hall–Kier alpha value is -1.21. The molecule has 0 saturated heterocycles. The van der Waals surface area contributed by atoms with Gasteiger partial charge >= 0.3 is 6.09 Å². The minimum atomic E-state index is -0.548. The molecular formula is C15H25BrN4O2. The average Bonchev–Trinajstić information content (AvgIpc) is 2.43. The van der Waals surface area contributed by atoms with Crippen LogP contribution in [0.2, 0.25) is 0 Å². The van der Waals surface area contributed by atoms with E-state index in [4.69, 9.17) is 4.74 Å². The molecule has 0 aliphatic rings. The van der Waals surface area contributed by atoms with E-state index in [0.717, 1.165) is 19.6 Å². The second-order valence-electron chi connectivity index (χ2n) is 5.86. The van der Waals surface area contributed by atoms with Gasteiger partial charge in [-0.2, -0.15) is 0 Å². The van der Waals surface area contributed by atoms with E-state index in [2.05, 4.69) is 44.6 Å². The summed E-state index contributed by atoms with van der Waals surface area (Å²) < 4.78 is 6.10. The van der Waals surface area contributed by atoms with Gasteiger partial charge in [0, 0.05) is 13.1 Å². The predicted octanol–water partition coefficient (Wildman–Crippen LogP) is 3.32. The number of carbonyl (C=O) groups is 1. The SMILES string of the molecule is CCN(CC)CCN(C(=O)OC(C)(C)C)c1cnc(Br)cn1. The number of nitrogens with zero attached hydrogens (tertiary/aromatic N) is 4. The number of halogens is 1. The molecule has 1 aromatic heterocycles. The van der Waals surface area contributed by atoms with Gasteiger partial charge in [-0.1, -0.05) is 13.8 Å². The van der Waals surface area contributed by atoms with Crippen LogP contribution in [0, 0.1) is 0 Å².